The van der Waals surface area contributed by atoms with Gasteiger partial charge >= 0.3 is 6.61 Å². The van der Waals surface area contributed by atoms with Crippen LogP contribution in [0.2, 0.25) is 0 Å². The number of halogens is 2. The smallest absolute Gasteiger partial charge is 0.387 e. The average molecular weight is 429 g/mol. The van der Waals surface area contributed by atoms with E-state index < -0.39 is 21.8 Å². The fourth-order valence-electron chi connectivity index (χ4n) is 5.90. The zero-order valence-corrected chi connectivity index (χ0v) is 16.9. The Kier molecular flexibility index (Phi) is 4.65. The molecule has 2 heterocycles. The Morgan fingerprint density at radius 2 is 1.86 bits per heavy atom. The van der Waals surface area contributed by atoms with Gasteiger partial charge in [0.25, 0.3) is 0 Å². The summed E-state index contributed by atoms with van der Waals surface area (Å²) in [4.78, 5) is 2.33. The zero-order chi connectivity index (χ0) is 20.4. The van der Waals surface area contributed by atoms with Crippen LogP contribution in [-0.4, -0.2) is 57.1 Å². The van der Waals surface area contributed by atoms with Gasteiger partial charge in [-0.15, -0.1) is 0 Å². The molecule has 29 heavy (non-hydrogen) atoms. The fourth-order valence-corrected chi connectivity index (χ4v) is 8.10. The summed E-state index contributed by atoms with van der Waals surface area (Å²) in [6, 6.07) is 5.62. The molecule has 2 aliphatic carbocycles. The van der Waals surface area contributed by atoms with Crippen LogP contribution >= 0.6 is 0 Å². The van der Waals surface area contributed by atoms with Gasteiger partial charge in [-0.1, -0.05) is 0 Å². The molecular weight excluding hydrogens is 402 g/mol. The maximum absolute atomic E-state index is 13.6. The summed E-state index contributed by atoms with van der Waals surface area (Å²) in [5, 5.41) is -0.605. The Morgan fingerprint density at radius 3 is 2.45 bits per heavy atom. The molecule has 4 fully saturated rings. The molecule has 0 amide bonds. The van der Waals surface area contributed by atoms with Gasteiger partial charge in [0.2, 0.25) is 0 Å². The average Bonchev–Trinajstić information content (AvgIpc) is 3.08. The van der Waals surface area contributed by atoms with Crippen LogP contribution in [0.4, 0.5) is 8.78 Å². The van der Waals surface area contributed by atoms with E-state index >= 15 is 0 Å². The van der Waals surface area contributed by atoms with Crippen LogP contribution in [0, 0.1) is 17.3 Å². The SMILES string of the molecule is N[C@H]1C[C@@H]2CN(C3CC4(COC4)C3)[C@@H](S(=O)(=O)c3ccc(OC(F)F)cc3)[C@H]2C1. The van der Waals surface area contributed by atoms with Crippen LogP contribution in [0.3, 0.4) is 0 Å². The van der Waals surface area contributed by atoms with Crippen molar-refractivity contribution in [2.45, 2.75) is 54.6 Å². The summed E-state index contributed by atoms with van der Waals surface area (Å²) in [5.74, 6) is 0.260. The van der Waals surface area contributed by atoms with Gasteiger partial charge in [0.15, 0.2) is 9.84 Å². The molecule has 2 aliphatic heterocycles. The zero-order valence-electron chi connectivity index (χ0n) is 16.0. The van der Waals surface area contributed by atoms with Crippen molar-refractivity contribution >= 4 is 9.84 Å². The van der Waals surface area contributed by atoms with Crippen molar-refractivity contribution < 1.29 is 26.7 Å². The first-order valence-corrected chi connectivity index (χ1v) is 11.7. The van der Waals surface area contributed by atoms with Crippen molar-refractivity contribution in [2.75, 3.05) is 19.8 Å². The monoisotopic (exact) mass is 428 g/mol. The summed E-state index contributed by atoms with van der Waals surface area (Å²) >= 11 is 0. The predicted octanol–water partition coefficient (Wildman–Crippen LogP) is 2.24. The Balaban J connectivity index is 1.41. The number of hydrogen-bond acceptors (Lipinski definition) is 6. The number of benzene rings is 1. The van der Waals surface area contributed by atoms with E-state index in [1.165, 1.54) is 24.3 Å². The van der Waals surface area contributed by atoms with Crippen LogP contribution in [0.5, 0.6) is 5.75 Å². The Labute approximate surface area is 169 Å². The molecule has 9 heteroatoms. The van der Waals surface area contributed by atoms with Crippen molar-refractivity contribution in [3.05, 3.63) is 24.3 Å². The molecule has 1 aromatic carbocycles. The summed E-state index contributed by atoms with van der Waals surface area (Å²) in [7, 11) is -3.66. The molecule has 2 N–H and O–H groups in total. The van der Waals surface area contributed by atoms with Gasteiger partial charge in [0.1, 0.15) is 11.1 Å². The molecule has 2 saturated carbocycles. The van der Waals surface area contributed by atoms with Crippen molar-refractivity contribution in [1.29, 1.82) is 0 Å². The highest BCUT2D eigenvalue weighted by molar-refractivity contribution is 7.92. The Bertz CT molecular complexity index is 867. The number of nitrogens with zero attached hydrogens (tertiary/aromatic N) is 1. The first kappa shape index (κ1) is 19.7. The first-order chi connectivity index (χ1) is 13.8. The predicted molar refractivity (Wildman–Crippen MR) is 101 cm³/mol. The number of hydrogen-bond donors (Lipinski definition) is 1. The highest BCUT2D eigenvalue weighted by atomic mass is 32.2. The first-order valence-electron chi connectivity index (χ1n) is 10.2. The second kappa shape index (κ2) is 6.87. The molecule has 0 radical (unpaired) electrons. The highest BCUT2D eigenvalue weighted by Crippen LogP contribution is 2.54. The number of fused-ring (bicyclic) bond motifs is 1. The molecule has 2 saturated heterocycles. The second-order valence-electron chi connectivity index (χ2n) is 9.19. The van der Waals surface area contributed by atoms with E-state index in [9.17, 15) is 17.2 Å². The maximum atomic E-state index is 13.6. The molecule has 1 spiro atoms. The van der Waals surface area contributed by atoms with E-state index in [4.69, 9.17) is 10.5 Å². The number of nitrogens with two attached hydrogens (primary N) is 1. The van der Waals surface area contributed by atoms with E-state index in [1.54, 1.807) is 0 Å². The molecule has 5 rings (SSSR count). The molecule has 1 aromatic rings. The summed E-state index contributed by atoms with van der Waals surface area (Å²) in [5.41, 5.74) is 6.41. The van der Waals surface area contributed by atoms with Gasteiger partial charge in [-0.05, 0) is 61.8 Å². The van der Waals surface area contributed by atoms with Gasteiger partial charge in [-0.25, -0.2) is 8.42 Å². The number of ether oxygens (including phenoxy) is 2. The van der Waals surface area contributed by atoms with E-state index in [-0.39, 0.29) is 34.1 Å². The number of rotatable bonds is 5. The third-order valence-corrected chi connectivity index (χ3v) is 9.43. The molecule has 0 unspecified atom stereocenters. The van der Waals surface area contributed by atoms with Gasteiger partial charge in [-0.2, -0.15) is 8.78 Å². The second-order valence-corrected chi connectivity index (χ2v) is 11.2. The van der Waals surface area contributed by atoms with Crippen LogP contribution < -0.4 is 10.5 Å². The fraction of sp³-hybridized carbons (Fsp3) is 0.700. The maximum Gasteiger partial charge on any atom is 0.387 e. The summed E-state index contributed by atoms with van der Waals surface area (Å²) in [6.07, 6.45) is 3.52. The lowest BCUT2D eigenvalue weighted by Gasteiger charge is -2.56. The largest absolute Gasteiger partial charge is 0.435 e. The third-order valence-electron chi connectivity index (χ3n) is 7.24. The van der Waals surface area contributed by atoms with Crippen molar-refractivity contribution in [3.8, 4) is 5.75 Å². The van der Waals surface area contributed by atoms with Gasteiger partial charge < -0.3 is 15.2 Å². The van der Waals surface area contributed by atoms with Crippen molar-refractivity contribution in [3.63, 3.8) is 0 Å². The Hall–Kier alpha value is -1.29. The lowest BCUT2D eigenvalue weighted by molar-refractivity contribution is -0.184. The number of sulfone groups is 1. The van der Waals surface area contributed by atoms with E-state index in [2.05, 4.69) is 9.64 Å². The lowest BCUT2D eigenvalue weighted by Crippen LogP contribution is -2.61. The molecule has 6 nitrogen and oxygen atoms in total. The molecule has 4 aliphatic rings. The Morgan fingerprint density at radius 1 is 1.17 bits per heavy atom. The molecule has 160 valence electrons. The molecule has 4 atom stereocenters. The molecule has 0 aromatic heterocycles. The van der Waals surface area contributed by atoms with Crippen molar-refractivity contribution in [2.24, 2.45) is 23.0 Å². The van der Waals surface area contributed by atoms with Crippen molar-refractivity contribution in [1.82, 2.24) is 4.90 Å². The summed E-state index contributed by atoms with van der Waals surface area (Å²) < 4.78 is 61.8. The summed E-state index contributed by atoms with van der Waals surface area (Å²) in [6.45, 7) is -0.628. The number of likely N-dealkylation sites (tertiary alicyclic amines) is 1. The highest BCUT2D eigenvalue weighted by Gasteiger charge is 2.59. The quantitative estimate of drug-likeness (QED) is 0.775. The minimum Gasteiger partial charge on any atom is -0.435 e. The van der Waals surface area contributed by atoms with Crippen LogP contribution in [-0.2, 0) is 14.6 Å². The lowest BCUT2D eigenvalue weighted by atomic mass is 9.63. The number of alkyl halides is 2. The topological polar surface area (TPSA) is 81.9 Å². The normalized spacial score (nSPS) is 34.2. The van der Waals surface area contributed by atoms with Crippen LogP contribution in [0.25, 0.3) is 0 Å². The van der Waals surface area contributed by atoms with Crippen LogP contribution in [0.15, 0.2) is 29.2 Å². The molecule has 0 bridgehead atoms. The minimum absolute atomic E-state index is 0.0150. The van der Waals surface area contributed by atoms with Gasteiger partial charge in [-0.3, -0.25) is 4.90 Å². The van der Waals surface area contributed by atoms with E-state index in [0.29, 0.717) is 12.3 Å². The van der Waals surface area contributed by atoms with E-state index in [1.807, 2.05) is 0 Å². The van der Waals surface area contributed by atoms with Gasteiger partial charge in [0.05, 0.1) is 18.1 Å². The van der Waals surface area contributed by atoms with Gasteiger partial charge in [0, 0.05) is 24.0 Å². The standard InChI is InChI=1S/C20H26F2N2O4S/c21-19(22)28-15-1-3-16(4-2-15)29(25,26)18-17-6-13(23)5-12(17)9-24(18)14-7-20(8-14)10-27-11-20/h1-4,12-14,17-19H,5-11,23H2/t12-,13+,17+,18+/m1/s1. The minimum atomic E-state index is -3.66. The van der Waals surface area contributed by atoms with E-state index in [0.717, 1.165) is 39.0 Å². The third kappa shape index (κ3) is 3.26. The molecular formula is C20H26F2N2O4S. The van der Waals surface area contributed by atoms with Crippen LogP contribution in [0.1, 0.15) is 25.7 Å².